The molecule has 6 nitrogen and oxygen atoms in total. The molecule has 34 heavy (non-hydrogen) atoms. The Morgan fingerprint density at radius 3 is 2.76 bits per heavy atom. The number of alkyl halides is 2. The molecule has 9 heteroatoms. The first-order valence-corrected chi connectivity index (χ1v) is 12.0. The first-order valence-electron chi connectivity index (χ1n) is 12.0. The van der Waals surface area contributed by atoms with Crippen LogP contribution >= 0.6 is 0 Å². The van der Waals surface area contributed by atoms with Crippen molar-refractivity contribution in [1.29, 1.82) is 0 Å². The number of hydrogen-bond acceptors (Lipinski definition) is 4. The van der Waals surface area contributed by atoms with Crippen LogP contribution in [0.4, 0.5) is 13.2 Å². The molecule has 0 bridgehead atoms. The molecule has 1 aliphatic carbocycles. The van der Waals surface area contributed by atoms with Crippen LogP contribution < -0.4 is 10.6 Å². The molecule has 3 atom stereocenters. The number of piperidine rings is 1. The number of rotatable bonds is 6. The van der Waals surface area contributed by atoms with Crippen LogP contribution in [0.5, 0.6) is 0 Å². The van der Waals surface area contributed by atoms with Gasteiger partial charge in [0.25, 0.3) is 5.91 Å². The van der Waals surface area contributed by atoms with Crippen LogP contribution in [0.25, 0.3) is 0 Å². The zero-order chi connectivity index (χ0) is 24.0. The third-order valence-corrected chi connectivity index (χ3v) is 7.55. The van der Waals surface area contributed by atoms with Crippen LogP contribution in [0, 0.1) is 11.7 Å². The molecule has 1 aromatic carbocycles. The van der Waals surface area contributed by atoms with Gasteiger partial charge >= 0.3 is 0 Å². The van der Waals surface area contributed by atoms with Crippen molar-refractivity contribution in [1.82, 2.24) is 15.5 Å². The van der Waals surface area contributed by atoms with Crippen molar-refractivity contribution in [3.8, 4) is 0 Å². The fourth-order valence-electron chi connectivity index (χ4n) is 5.63. The zero-order valence-electron chi connectivity index (χ0n) is 19.0. The minimum atomic E-state index is -2.54. The zero-order valence-corrected chi connectivity index (χ0v) is 19.0. The Morgan fingerprint density at radius 1 is 1.24 bits per heavy atom. The maximum Gasteiger partial charge on any atom is 0.255 e. The lowest BCUT2D eigenvalue weighted by Gasteiger charge is -2.38. The number of benzene rings is 1. The molecule has 1 unspecified atom stereocenters. The van der Waals surface area contributed by atoms with Gasteiger partial charge in [0, 0.05) is 48.7 Å². The van der Waals surface area contributed by atoms with Gasteiger partial charge in [0.15, 0.2) is 0 Å². The normalized spacial score (nSPS) is 29.1. The highest BCUT2D eigenvalue weighted by Gasteiger charge is 2.45. The van der Waals surface area contributed by atoms with Crippen molar-refractivity contribution in [2.45, 2.75) is 75.6 Å². The molecular formula is C25H30F3N3O3. The largest absolute Gasteiger partial charge is 0.376 e. The Kier molecular flexibility index (Phi) is 6.18. The molecule has 0 spiro atoms. The van der Waals surface area contributed by atoms with Gasteiger partial charge in [-0.15, -0.1) is 0 Å². The van der Waals surface area contributed by atoms with E-state index in [0.717, 1.165) is 12.8 Å². The van der Waals surface area contributed by atoms with Crippen molar-refractivity contribution in [3.63, 3.8) is 0 Å². The number of hydrogen-bond donors (Lipinski definition) is 2. The van der Waals surface area contributed by atoms with E-state index >= 15 is 4.39 Å². The molecule has 2 amide bonds. The van der Waals surface area contributed by atoms with Gasteiger partial charge in [-0.05, 0) is 49.8 Å². The van der Waals surface area contributed by atoms with E-state index in [4.69, 9.17) is 4.74 Å². The molecule has 1 aromatic rings. The van der Waals surface area contributed by atoms with Crippen LogP contribution in [-0.2, 0) is 22.5 Å². The van der Waals surface area contributed by atoms with E-state index < -0.39 is 17.8 Å². The van der Waals surface area contributed by atoms with Crippen molar-refractivity contribution in [2.75, 3.05) is 13.2 Å². The maximum absolute atomic E-state index is 15.5. The fourth-order valence-corrected chi connectivity index (χ4v) is 5.63. The number of ether oxygens (including phenoxy) is 1. The quantitative estimate of drug-likeness (QED) is 0.660. The van der Waals surface area contributed by atoms with Gasteiger partial charge in [-0.2, -0.15) is 0 Å². The standard InChI is InChI=1S/C25H30F3N3O3/c1-14-4-7-20(23(32)30-14)31-13-18-17(24(31)33)6-5-16(22(18)26)9-21-19(3-2-8-34-21)29-12-15-10-25(27,28)11-15/h5-6,15,19-21,29H,1-4,7-13H2,(H,30,32)/t19-,20?,21+/m0/s1. The molecule has 0 aromatic heterocycles. The van der Waals surface area contributed by atoms with Crippen molar-refractivity contribution in [3.05, 3.63) is 46.9 Å². The van der Waals surface area contributed by atoms with Gasteiger partial charge in [-0.25, -0.2) is 13.2 Å². The molecule has 2 N–H and O–H groups in total. The van der Waals surface area contributed by atoms with Gasteiger partial charge in [0.2, 0.25) is 11.8 Å². The van der Waals surface area contributed by atoms with E-state index in [1.165, 1.54) is 4.90 Å². The minimum absolute atomic E-state index is 0.0345. The van der Waals surface area contributed by atoms with Gasteiger partial charge in [-0.3, -0.25) is 9.59 Å². The van der Waals surface area contributed by atoms with Crippen LogP contribution in [-0.4, -0.2) is 54.0 Å². The summed E-state index contributed by atoms with van der Waals surface area (Å²) >= 11 is 0. The summed E-state index contributed by atoms with van der Waals surface area (Å²) in [6, 6.07) is 2.59. The number of carbonyl (C=O) groups is 2. The van der Waals surface area contributed by atoms with Crippen LogP contribution in [0.3, 0.4) is 0 Å². The lowest BCUT2D eigenvalue weighted by Crippen LogP contribution is -2.50. The number of halogens is 3. The number of allylic oxidation sites excluding steroid dienone is 1. The van der Waals surface area contributed by atoms with Gasteiger partial charge in [0.05, 0.1) is 12.6 Å². The Labute approximate surface area is 196 Å². The van der Waals surface area contributed by atoms with Crippen LogP contribution in [0.15, 0.2) is 24.4 Å². The molecule has 5 rings (SSSR count). The lowest BCUT2D eigenvalue weighted by molar-refractivity contribution is -0.126. The van der Waals surface area contributed by atoms with E-state index in [0.29, 0.717) is 54.8 Å². The SMILES string of the molecule is C=C1CCC(N2Cc3c(ccc(C[C@H]4OCCC[C@@H]4NCC4CC(F)(F)C4)c3F)C2=O)C(=O)N1. The number of amides is 2. The molecule has 4 aliphatic rings. The Morgan fingerprint density at radius 2 is 2.03 bits per heavy atom. The number of nitrogens with zero attached hydrogens (tertiary/aromatic N) is 1. The average Bonchev–Trinajstić information content (AvgIpc) is 3.10. The first kappa shape index (κ1) is 23.4. The Bertz CT molecular complexity index is 1010. The van der Waals surface area contributed by atoms with Gasteiger partial charge < -0.3 is 20.3 Å². The summed E-state index contributed by atoms with van der Waals surface area (Å²) in [4.78, 5) is 26.8. The summed E-state index contributed by atoms with van der Waals surface area (Å²) in [5, 5.41) is 6.06. The molecule has 1 saturated carbocycles. The van der Waals surface area contributed by atoms with E-state index in [-0.39, 0.29) is 49.3 Å². The summed E-state index contributed by atoms with van der Waals surface area (Å²) in [5.74, 6) is -3.63. The second kappa shape index (κ2) is 9.00. The van der Waals surface area contributed by atoms with E-state index in [9.17, 15) is 18.4 Å². The van der Waals surface area contributed by atoms with E-state index in [1.54, 1.807) is 12.1 Å². The topological polar surface area (TPSA) is 70.7 Å². The highest BCUT2D eigenvalue weighted by atomic mass is 19.3. The van der Waals surface area contributed by atoms with Crippen molar-refractivity contribution in [2.24, 2.45) is 5.92 Å². The van der Waals surface area contributed by atoms with Crippen LogP contribution in [0.1, 0.15) is 60.0 Å². The van der Waals surface area contributed by atoms with Crippen LogP contribution in [0.2, 0.25) is 0 Å². The van der Waals surface area contributed by atoms with E-state index in [2.05, 4.69) is 17.2 Å². The van der Waals surface area contributed by atoms with Gasteiger partial charge in [-0.1, -0.05) is 12.6 Å². The number of fused-ring (bicyclic) bond motifs is 1. The third kappa shape index (κ3) is 4.47. The van der Waals surface area contributed by atoms with Gasteiger partial charge in [0.1, 0.15) is 11.9 Å². The fraction of sp³-hybridized carbons (Fsp3) is 0.600. The Hall–Kier alpha value is -2.39. The maximum atomic E-state index is 15.5. The van der Waals surface area contributed by atoms with Crippen molar-refractivity contribution >= 4 is 11.8 Å². The van der Waals surface area contributed by atoms with E-state index in [1.807, 2.05) is 0 Å². The monoisotopic (exact) mass is 477 g/mol. The average molecular weight is 478 g/mol. The minimum Gasteiger partial charge on any atom is -0.376 e. The molecule has 0 radical (unpaired) electrons. The molecular weight excluding hydrogens is 447 g/mol. The highest BCUT2D eigenvalue weighted by Crippen LogP contribution is 2.42. The first-order chi connectivity index (χ1) is 16.2. The summed E-state index contributed by atoms with van der Waals surface area (Å²) < 4.78 is 47.8. The smallest absolute Gasteiger partial charge is 0.255 e. The molecule has 3 heterocycles. The molecule has 2 saturated heterocycles. The number of carbonyl (C=O) groups excluding carboxylic acids is 2. The predicted molar refractivity (Wildman–Crippen MR) is 119 cm³/mol. The summed E-state index contributed by atoms with van der Waals surface area (Å²) in [6.45, 7) is 4.90. The summed E-state index contributed by atoms with van der Waals surface area (Å²) in [6.07, 6.45) is 2.63. The molecule has 3 fully saturated rings. The molecule has 3 aliphatic heterocycles. The summed E-state index contributed by atoms with van der Waals surface area (Å²) in [7, 11) is 0. The molecule has 184 valence electrons. The second-order valence-corrected chi connectivity index (χ2v) is 10.0. The Balaban J connectivity index is 1.26. The summed E-state index contributed by atoms with van der Waals surface area (Å²) in [5.41, 5.74) is 1.70. The lowest BCUT2D eigenvalue weighted by atomic mass is 9.81. The third-order valence-electron chi connectivity index (χ3n) is 7.55. The van der Waals surface area contributed by atoms with Crippen molar-refractivity contribution < 1.29 is 27.5 Å². The number of nitrogens with one attached hydrogen (secondary N) is 2. The highest BCUT2D eigenvalue weighted by molar-refractivity contribution is 6.01. The predicted octanol–water partition coefficient (Wildman–Crippen LogP) is 3.30. The second-order valence-electron chi connectivity index (χ2n) is 10.0.